The maximum absolute atomic E-state index is 12.6. The molecule has 3 N–H and O–H groups in total. The summed E-state index contributed by atoms with van der Waals surface area (Å²) in [7, 11) is 0. The highest BCUT2D eigenvalue weighted by Gasteiger charge is 2.58. The minimum absolute atomic E-state index is 0.0617. The molecule has 0 bridgehead atoms. The van der Waals surface area contributed by atoms with Crippen LogP contribution in [0.2, 0.25) is 0 Å². The maximum atomic E-state index is 12.6. The van der Waals surface area contributed by atoms with Gasteiger partial charge in [-0.05, 0) is 73.3 Å². The molecule has 0 radical (unpaired) electrons. The standard InChI is InChI=1S/C24H24N4O3S/c29-20(21-27-28-23(32-21)26-17-4-2-1-3-5-17)25-18-8-6-15(7-9-18)16-10-12-24(13-11-16)14-19(24)22(30)31/h1-9,16,19H,10-14H2,(H,25,29)(H,26,28)(H,30,31). The van der Waals surface area contributed by atoms with Crippen molar-refractivity contribution in [3.05, 3.63) is 65.2 Å². The smallest absolute Gasteiger partial charge is 0.307 e. The Morgan fingerprint density at radius 2 is 1.69 bits per heavy atom. The lowest BCUT2D eigenvalue weighted by Crippen LogP contribution is -2.18. The first-order valence-electron chi connectivity index (χ1n) is 10.8. The molecule has 2 aliphatic rings. The summed E-state index contributed by atoms with van der Waals surface area (Å²) >= 11 is 1.20. The minimum Gasteiger partial charge on any atom is -0.481 e. The lowest BCUT2D eigenvalue weighted by Gasteiger charge is -2.29. The summed E-state index contributed by atoms with van der Waals surface area (Å²) in [5.74, 6) is -0.605. The second-order valence-electron chi connectivity index (χ2n) is 8.71. The van der Waals surface area contributed by atoms with Gasteiger partial charge in [-0.1, -0.05) is 41.7 Å². The summed E-state index contributed by atoms with van der Waals surface area (Å²) in [6.07, 6.45) is 4.87. The zero-order valence-corrected chi connectivity index (χ0v) is 18.3. The highest BCUT2D eigenvalue weighted by atomic mass is 32.1. The van der Waals surface area contributed by atoms with Crippen molar-refractivity contribution in [3.8, 4) is 0 Å². The van der Waals surface area contributed by atoms with Crippen LogP contribution >= 0.6 is 11.3 Å². The first kappa shape index (κ1) is 20.6. The van der Waals surface area contributed by atoms with E-state index in [-0.39, 0.29) is 17.2 Å². The number of aliphatic carboxylic acids is 1. The van der Waals surface area contributed by atoms with Crippen LogP contribution in [0, 0.1) is 11.3 Å². The van der Waals surface area contributed by atoms with E-state index in [0.717, 1.165) is 37.8 Å². The lowest BCUT2D eigenvalue weighted by molar-refractivity contribution is -0.139. The molecule has 1 unspecified atom stereocenters. The van der Waals surface area contributed by atoms with E-state index in [1.807, 2.05) is 42.5 Å². The fourth-order valence-corrected chi connectivity index (χ4v) is 5.47. The van der Waals surface area contributed by atoms with Crippen molar-refractivity contribution in [2.24, 2.45) is 11.3 Å². The van der Waals surface area contributed by atoms with Crippen LogP contribution in [0.4, 0.5) is 16.5 Å². The Labute approximate surface area is 189 Å². The minimum atomic E-state index is -0.637. The van der Waals surface area contributed by atoms with Crippen LogP contribution in [0.25, 0.3) is 0 Å². The van der Waals surface area contributed by atoms with Gasteiger partial charge in [0.05, 0.1) is 5.92 Å². The number of benzene rings is 2. The zero-order valence-electron chi connectivity index (χ0n) is 17.5. The van der Waals surface area contributed by atoms with Crippen LogP contribution < -0.4 is 10.6 Å². The van der Waals surface area contributed by atoms with Gasteiger partial charge in [-0.25, -0.2) is 0 Å². The Kier molecular flexibility index (Phi) is 5.38. The van der Waals surface area contributed by atoms with E-state index in [1.54, 1.807) is 0 Å². The van der Waals surface area contributed by atoms with Crippen LogP contribution in [0.3, 0.4) is 0 Å². The summed E-state index contributed by atoms with van der Waals surface area (Å²) in [5, 5.41) is 24.2. The average molecular weight is 449 g/mol. The molecule has 1 atom stereocenters. The van der Waals surface area contributed by atoms with Gasteiger partial charge in [0.1, 0.15) is 0 Å². The fourth-order valence-electron chi connectivity index (χ4n) is 4.81. The molecule has 3 aromatic rings. The third kappa shape index (κ3) is 4.23. The van der Waals surface area contributed by atoms with Gasteiger partial charge < -0.3 is 15.7 Å². The summed E-state index contributed by atoms with van der Waals surface area (Å²) in [4.78, 5) is 23.8. The molecule has 0 saturated heterocycles. The number of amides is 1. The first-order chi connectivity index (χ1) is 15.5. The van der Waals surface area contributed by atoms with Gasteiger partial charge in [-0.15, -0.1) is 10.2 Å². The second kappa shape index (κ2) is 8.35. The molecule has 2 saturated carbocycles. The number of nitrogens with zero attached hydrogens (tertiary/aromatic N) is 2. The number of aromatic nitrogens is 2. The van der Waals surface area contributed by atoms with Gasteiger partial charge in [-0.2, -0.15) is 0 Å². The molecule has 2 aliphatic carbocycles. The van der Waals surface area contributed by atoms with Gasteiger partial charge in [-0.3, -0.25) is 9.59 Å². The van der Waals surface area contributed by atoms with Crippen LogP contribution in [-0.2, 0) is 4.79 Å². The van der Waals surface area contributed by atoms with Crippen LogP contribution in [0.5, 0.6) is 0 Å². The van der Waals surface area contributed by atoms with Crippen molar-refractivity contribution in [3.63, 3.8) is 0 Å². The normalized spacial score (nSPS) is 24.1. The number of hydrogen-bond acceptors (Lipinski definition) is 6. The maximum Gasteiger partial charge on any atom is 0.307 e. The fraction of sp³-hybridized carbons (Fsp3) is 0.333. The highest BCUT2D eigenvalue weighted by molar-refractivity contribution is 7.17. The molecule has 7 nitrogen and oxygen atoms in total. The van der Waals surface area contributed by atoms with E-state index < -0.39 is 5.97 Å². The number of nitrogens with one attached hydrogen (secondary N) is 2. The monoisotopic (exact) mass is 448 g/mol. The topological polar surface area (TPSA) is 104 Å². The highest BCUT2D eigenvalue weighted by Crippen LogP contribution is 2.63. The molecular formula is C24H24N4O3S. The lowest BCUT2D eigenvalue weighted by atomic mass is 9.76. The number of carboxylic acids is 1. The van der Waals surface area contributed by atoms with Crippen molar-refractivity contribution in [2.45, 2.75) is 38.0 Å². The van der Waals surface area contributed by atoms with Crippen LogP contribution in [-0.4, -0.2) is 27.2 Å². The molecule has 5 rings (SSSR count). The number of carbonyl (C=O) groups is 2. The third-order valence-electron chi connectivity index (χ3n) is 6.75. The molecule has 0 aliphatic heterocycles. The first-order valence-corrected chi connectivity index (χ1v) is 11.6. The summed E-state index contributed by atoms with van der Waals surface area (Å²) < 4.78 is 0. The van der Waals surface area contributed by atoms with Crippen molar-refractivity contribution >= 4 is 39.7 Å². The predicted molar refractivity (Wildman–Crippen MR) is 123 cm³/mol. The van der Waals surface area contributed by atoms with Crippen molar-refractivity contribution < 1.29 is 14.7 Å². The van der Waals surface area contributed by atoms with Gasteiger partial charge in [0.15, 0.2) is 0 Å². The largest absolute Gasteiger partial charge is 0.481 e. The van der Waals surface area contributed by atoms with E-state index >= 15 is 0 Å². The van der Waals surface area contributed by atoms with Gasteiger partial charge in [0.2, 0.25) is 10.1 Å². The molecule has 2 aromatic carbocycles. The van der Waals surface area contributed by atoms with E-state index in [4.69, 9.17) is 0 Å². The summed E-state index contributed by atoms with van der Waals surface area (Å²) in [6, 6.07) is 17.6. The quantitative estimate of drug-likeness (QED) is 0.474. The van der Waals surface area contributed by atoms with Gasteiger partial charge in [0, 0.05) is 11.4 Å². The molecule has 164 valence electrons. The Hall–Kier alpha value is -3.26. The Morgan fingerprint density at radius 1 is 0.969 bits per heavy atom. The zero-order chi connectivity index (χ0) is 22.1. The Morgan fingerprint density at radius 3 is 2.34 bits per heavy atom. The predicted octanol–water partition coefficient (Wildman–Crippen LogP) is 5.28. The van der Waals surface area contributed by atoms with Crippen molar-refractivity contribution in [2.75, 3.05) is 10.6 Å². The van der Waals surface area contributed by atoms with E-state index in [9.17, 15) is 14.7 Å². The molecule has 32 heavy (non-hydrogen) atoms. The molecule has 1 aromatic heterocycles. The van der Waals surface area contributed by atoms with E-state index in [1.165, 1.54) is 16.9 Å². The Balaban J connectivity index is 1.16. The SMILES string of the molecule is O=C(Nc1ccc(C2CCC3(CC2)CC3C(=O)O)cc1)c1nnc(Nc2ccccc2)s1. The second-order valence-corrected chi connectivity index (χ2v) is 9.69. The Bertz CT molecular complexity index is 1120. The molecule has 1 heterocycles. The number of rotatable bonds is 6. The van der Waals surface area contributed by atoms with E-state index in [2.05, 4.69) is 33.0 Å². The molecule has 1 spiro atoms. The van der Waals surface area contributed by atoms with Gasteiger partial charge >= 0.3 is 5.97 Å². The molecular weight excluding hydrogens is 424 g/mol. The van der Waals surface area contributed by atoms with Crippen LogP contribution in [0.15, 0.2) is 54.6 Å². The molecule has 1 amide bonds. The summed E-state index contributed by atoms with van der Waals surface area (Å²) in [5.41, 5.74) is 2.91. The van der Waals surface area contributed by atoms with E-state index in [0.29, 0.717) is 21.7 Å². The molecule has 8 heteroatoms. The number of carboxylic acid groups (broad SMARTS) is 1. The van der Waals surface area contributed by atoms with Gasteiger partial charge in [0.25, 0.3) is 5.91 Å². The number of para-hydroxylation sites is 1. The number of anilines is 3. The third-order valence-corrected chi connectivity index (χ3v) is 7.59. The van der Waals surface area contributed by atoms with Crippen molar-refractivity contribution in [1.29, 1.82) is 0 Å². The van der Waals surface area contributed by atoms with Crippen molar-refractivity contribution in [1.82, 2.24) is 10.2 Å². The average Bonchev–Trinajstić information content (AvgIpc) is 3.30. The van der Waals surface area contributed by atoms with Crippen LogP contribution in [0.1, 0.15) is 53.4 Å². The number of carbonyl (C=O) groups excluding carboxylic acids is 1. The number of hydrogen-bond donors (Lipinski definition) is 3. The molecule has 2 fully saturated rings. The summed E-state index contributed by atoms with van der Waals surface area (Å²) in [6.45, 7) is 0.